The lowest BCUT2D eigenvalue weighted by atomic mass is 10.2. The Labute approximate surface area is 136 Å². The third-order valence-electron chi connectivity index (χ3n) is 3.53. The molecule has 0 bridgehead atoms. The van der Waals surface area contributed by atoms with Gasteiger partial charge in [-0.1, -0.05) is 10.3 Å². The molecule has 0 saturated carbocycles. The van der Waals surface area contributed by atoms with Crippen LogP contribution in [0.2, 0.25) is 0 Å². The molecule has 4 aromatic heterocycles. The van der Waals surface area contributed by atoms with E-state index in [1.807, 2.05) is 26.0 Å². The zero-order chi connectivity index (χ0) is 16.5. The van der Waals surface area contributed by atoms with Crippen LogP contribution in [0, 0.1) is 6.92 Å². The van der Waals surface area contributed by atoms with E-state index in [0.29, 0.717) is 28.9 Å². The summed E-state index contributed by atoms with van der Waals surface area (Å²) in [7, 11) is 0. The zero-order valence-electron chi connectivity index (χ0n) is 13.0. The smallest absolute Gasteiger partial charge is 0.263 e. The van der Waals surface area contributed by atoms with E-state index in [2.05, 4.69) is 35.6 Å². The summed E-state index contributed by atoms with van der Waals surface area (Å²) in [6, 6.07) is 3.43. The Kier molecular flexibility index (Phi) is 3.38. The summed E-state index contributed by atoms with van der Waals surface area (Å²) in [5.41, 5.74) is 1.93. The maximum absolute atomic E-state index is 5.34. The molecular weight excluding hydrogens is 310 g/mol. The van der Waals surface area contributed by atoms with Crippen LogP contribution in [0.4, 0.5) is 5.82 Å². The molecule has 1 atom stereocenters. The van der Waals surface area contributed by atoms with Crippen molar-refractivity contribution < 1.29 is 9.05 Å². The highest BCUT2D eigenvalue weighted by Crippen LogP contribution is 2.26. The summed E-state index contributed by atoms with van der Waals surface area (Å²) in [5, 5.41) is 11.9. The van der Waals surface area contributed by atoms with Crippen molar-refractivity contribution in [3.63, 3.8) is 0 Å². The van der Waals surface area contributed by atoms with Gasteiger partial charge in [-0.25, -0.2) is 4.98 Å². The molecule has 0 spiro atoms. The molecule has 0 aliphatic rings. The molecule has 4 aromatic rings. The lowest BCUT2D eigenvalue weighted by Gasteiger charge is -2.10. The highest BCUT2D eigenvalue weighted by Gasteiger charge is 2.19. The summed E-state index contributed by atoms with van der Waals surface area (Å²) >= 11 is 0. The van der Waals surface area contributed by atoms with Crippen molar-refractivity contribution >= 4 is 16.9 Å². The van der Waals surface area contributed by atoms with Gasteiger partial charge in [0.25, 0.3) is 5.71 Å². The quantitative estimate of drug-likeness (QED) is 0.604. The van der Waals surface area contributed by atoms with E-state index in [0.717, 1.165) is 10.9 Å². The molecule has 4 heterocycles. The second-order valence-electron chi connectivity index (χ2n) is 5.23. The topological polar surface area (TPSA) is 116 Å². The van der Waals surface area contributed by atoms with Crippen LogP contribution in [0.25, 0.3) is 22.5 Å². The van der Waals surface area contributed by atoms with Crippen LogP contribution < -0.4 is 5.32 Å². The number of anilines is 1. The first-order valence-corrected chi connectivity index (χ1v) is 7.30. The molecule has 0 amide bonds. The van der Waals surface area contributed by atoms with E-state index in [4.69, 9.17) is 9.05 Å². The van der Waals surface area contributed by atoms with E-state index in [-0.39, 0.29) is 6.04 Å². The highest BCUT2D eigenvalue weighted by molar-refractivity contribution is 5.87. The first-order valence-electron chi connectivity index (χ1n) is 7.30. The third-order valence-corrected chi connectivity index (χ3v) is 3.53. The monoisotopic (exact) mass is 323 g/mol. The highest BCUT2D eigenvalue weighted by atomic mass is 16.5. The number of pyridine rings is 1. The lowest BCUT2D eigenvalue weighted by molar-refractivity contribution is 0.368. The standard InChI is InChI=1S/C15H13N7O2/c1-8-11-13(17-7-18-15(11)24-21-8)19-9(2)14-20-12(22-23-14)10-4-3-5-16-6-10/h3-7,9H,1-2H3,(H,17,18,19). The van der Waals surface area contributed by atoms with Crippen LogP contribution in [0.3, 0.4) is 0 Å². The predicted molar refractivity (Wildman–Crippen MR) is 83.9 cm³/mol. The summed E-state index contributed by atoms with van der Waals surface area (Å²) in [4.78, 5) is 16.7. The molecular formula is C15H13N7O2. The van der Waals surface area contributed by atoms with Crippen LogP contribution in [0.5, 0.6) is 0 Å². The molecule has 0 aliphatic carbocycles. The molecule has 24 heavy (non-hydrogen) atoms. The van der Waals surface area contributed by atoms with Crippen LogP contribution in [0.1, 0.15) is 24.6 Å². The first kappa shape index (κ1) is 14.2. The van der Waals surface area contributed by atoms with Crippen LogP contribution in [-0.4, -0.2) is 30.2 Å². The molecule has 0 aliphatic heterocycles. The predicted octanol–water partition coefficient (Wildman–Crippen LogP) is 2.54. The van der Waals surface area contributed by atoms with Crippen molar-refractivity contribution in [2.75, 3.05) is 5.32 Å². The van der Waals surface area contributed by atoms with Gasteiger partial charge in [0.2, 0.25) is 11.7 Å². The van der Waals surface area contributed by atoms with Crippen molar-refractivity contribution in [3.05, 3.63) is 42.4 Å². The second-order valence-corrected chi connectivity index (χ2v) is 5.23. The average Bonchev–Trinajstić information content (AvgIpc) is 3.24. The van der Waals surface area contributed by atoms with Gasteiger partial charge in [0.1, 0.15) is 23.6 Å². The van der Waals surface area contributed by atoms with Gasteiger partial charge in [-0.2, -0.15) is 9.97 Å². The molecule has 1 unspecified atom stereocenters. The Morgan fingerprint density at radius 3 is 2.92 bits per heavy atom. The molecule has 9 heteroatoms. The van der Waals surface area contributed by atoms with Gasteiger partial charge < -0.3 is 14.4 Å². The molecule has 1 N–H and O–H groups in total. The summed E-state index contributed by atoms with van der Waals surface area (Å²) in [6.45, 7) is 3.73. The van der Waals surface area contributed by atoms with Crippen molar-refractivity contribution in [1.82, 2.24) is 30.2 Å². The van der Waals surface area contributed by atoms with Crippen molar-refractivity contribution in [2.45, 2.75) is 19.9 Å². The van der Waals surface area contributed by atoms with Crippen LogP contribution in [0.15, 0.2) is 39.9 Å². The SMILES string of the molecule is Cc1noc2ncnc(NC(C)c3nc(-c4cccnc4)no3)c12. The summed E-state index contributed by atoms with van der Waals surface area (Å²) in [6.07, 6.45) is 4.79. The van der Waals surface area contributed by atoms with E-state index in [9.17, 15) is 0 Å². The zero-order valence-corrected chi connectivity index (χ0v) is 13.0. The van der Waals surface area contributed by atoms with E-state index in [1.54, 1.807) is 12.4 Å². The van der Waals surface area contributed by atoms with Gasteiger partial charge in [-0.3, -0.25) is 4.98 Å². The molecule has 9 nitrogen and oxygen atoms in total. The minimum Gasteiger partial charge on any atom is -0.358 e. The van der Waals surface area contributed by atoms with Gasteiger partial charge in [0.05, 0.1) is 5.69 Å². The van der Waals surface area contributed by atoms with E-state index in [1.165, 1.54) is 6.33 Å². The number of hydrogen-bond donors (Lipinski definition) is 1. The number of fused-ring (bicyclic) bond motifs is 1. The van der Waals surface area contributed by atoms with Gasteiger partial charge in [0.15, 0.2) is 0 Å². The number of aryl methyl sites for hydroxylation is 1. The Morgan fingerprint density at radius 1 is 1.17 bits per heavy atom. The van der Waals surface area contributed by atoms with Gasteiger partial charge in [0, 0.05) is 18.0 Å². The van der Waals surface area contributed by atoms with E-state index >= 15 is 0 Å². The molecule has 0 radical (unpaired) electrons. The first-order chi connectivity index (χ1) is 11.7. The summed E-state index contributed by atoms with van der Waals surface area (Å²) in [5.74, 6) is 1.53. The van der Waals surface area contributed by atoms with Crippen molar-refractivity contribution in [1.29, 1.82) is 0 Å². The maximum atomic E-state index is 5.34. The normalized spacial score (nSPS) is 12.4. The lowest BCUT2D eigenvalue weighted by Crippen LogP contribution is -2.09. The molecule has 0 fully saturated rings. The Balaban J connectivity index is 1.61. The third kappa shape index (κ3) is 2.45. The van der Waals surface area contributed by atoms with Gasteiger partial charge >= 0.3 is 0 Å². The van der Waals surface area contributed by atoms with Crippen molar-refractivity contribution in [3.8, 4) is 11.4 Å². The fraction of sp³-hybridized carbons (Fsp3) is 0.200. The fourth-order valence-corrected chi connectivity index (χ4v) is 2.32. The Hall–Kier alpha value is -3.36. The Morgan fingerprint density at radius 2 is 2.08 bits per heavy atom. The van der Waals surface area contributed by atoms with Gasteiger partial charge in [-0.05, 0) is 26.0 Å². The van der Waals surface area contributed by atoms with Crippen molar-refractivity contribution in [2.24, 2.45) is 0 Å². The maximum Gasteiger partial charge on any atom is 0.263 e. The van der Waals surface area contributed by atoms with Crippen LogP contribution >= 0.6 is 0 Å². The minimum absolute atomic E-state index is 0.254. The van der Waals surface area contributed by atoms with E-state index < -0.39 is 0 Å². The van der Waals surface area contributed by atoms with Gasteiger partial charge in [-0.15, -0.1) is 0 Å². The molecule has 0 aromatic carbocycles. The van der Waals surface area contributed by atoms with Crippen LogP contribution in [-0.2, 0) is 0 Å². The number of aromatic nitrogens is 6. The fourth-order valence-electron chi connectivity index (χ4n) is 2.32. The Bertz CT molecular complexity index is 980. The average molecular weight is 323 g/mol. The number of nitrogens with zero attached hydrogens (tertiary/aromatic N) is 6. The number of rotatable bonds is 4. The molecule has 0 saturated heterocycles. The molecule has 120 valence electrons. The minimum atomic E-state index is -0.254. The summed E-state index contributed by atoms with van der Waals surface area (Å²) < 4.78 is 10.5. The largest absolute Gasteiger partial charge is 0.358 e. The number of hydrogen-bond acceptors (Lipinski definition) is 9. The second kappa shape index (κ2) is 5.69. The molecule has 4 rings (SSSR count). The number of nitrogens with one attached hydrogen (secondary N) is 1.